The largest absolute Gasteiger partial charge is 0.371 e. The van der Waals surface area contributed by atoms with Crippen LogP contribution in [-0.4, -0.2) is 71.9 Å². The molecular formula is C17H23FN4O3. The molecule has 4 heterocycles. The van der Waals surface area contributed by atoms with Gasteiger partial charge in [0.15, 0.2) is 5.82 Å². The molecule has 1 amide bonds. The van der Waals surface area contributed by atoms with Crippen molar-refractivity contribution in [2.24, 2.45) is 0 Å². The molecule has 0 aromatic carbocycles. The molecule has 0 bridgehead atoms. The van der Waals surface area contributed by atoms with Crippen molar-refractivity contribution in [3.05, 3.63) is 18.2 Å². The molecule has 3 fully saturated rings. The van der Waals surface area contributed by atoms with E-state index in [4.69, 9.17) is 9.47 Å². The Labute approximate surface area is 146 Å². The van der Waals surface area contributed by atoms with Crippen molar-refractivity contribution in [3.8, 4) is 0 Å². The van der Waals surface area contributed by atoms with E-state index < -0.39 is 5.82 Å². The second-order valence-corrected chi connectivity index (χ2v) is 7.10. The van der Waals surface area contributed by atoms with Crippen molar-refractivity contribution >= 4 is 11.9 Å². The fraction of sp³-hybridized carbons (Fsp3) is 0.706. The molecule has 136 valence electrons. The topological polar surface area (TPSA) is 67.8 Å². The first-order chi connectivity index (χ1) is 12.1. The molecule has 3 aliphatic rings. The number of amides is 1. The third kappa shape index (κ3) is 3.59. The number of hydrogen-bond donors (Lipinski definition) is 0. The van der Waals surface area contributed by atoms with Crippen LogP contribution in [0.3, 0.4) is 0 Å². The van der Waals surface area contributed by atoms with E-state index in [1.807, 2.05) is 9.80 Å². The van der Waals surface area contributed by atoms with Crippen molar-refractivity contribution in [3.63, 3.8) is 0 Å². The molecule has 0 unspecified atom stereocenters. The van der Waals surface area contributed by atoms with Crippen LogP contribution in [0.1, 0.15) is 25.7 Å². The van der Waals surface area contributed by atoms with Crippen molar-refractivity contribution in [1.82, 2.24) is 14.9 Å². The van der Waals surface area contributed by atoms with Gasteiger partial charge >= 0.3 is 0 Å². The summed E-state index contributed by atoms with van der Waals surface area (Å²) < 4.78 is 24.8. The van der Waals surface area contributed by atoms with E-state index >= 15 is 0 Å². The number of rotatable bonds is 4. The summed E-state index contributed by atoms with van der Waals surface area (Å²) in [7, 11) is 0. The lowest BCUT2D eigenvalue weighted by atomic mass is 9.85. The lowest BCUT2D eigenvalue weighted by Gasteiger charge is -2.52. The fourth-order valence-corrected chi connectivity index (χ4v) is 3.85. The summed E-state index contributed by atoms with van der Waals surface area (Å²) in [4.78, 5) is 24.0. The summed E-state index contributed by atoms with van der Waals surface area (Å²) in [6.45, 7) is 3.82. The molecule has 4 rings (SSSR count). The highest BCUT2D eigenvalue weighted by Gasteiger charge is 2.49. The molecule has 7 nitrogen and oxygen atoms in total. The molecule has 3 aliphatic heterocycles. The Bertz CT molecular complexity index is 615. The van der Waals surface area contributed by atoms with Gasteiger partial charge in [-0.3, -0.25) is 4.79 Å². The molecule has 0 saturated carbocycles. The Morgan fingerprint density at radius 2 is 2.04 bits per heavy atom. The zero-order valence-corrected chi connectivity index (χ0v) is 14.2. The van der Waals surface area contributed by atoms with Crippen LogP contribution in [0.2, 0.25) is 0 Å². The minimum absolute atomic E-state index is 0.0385. The molecular weight excluding hydrogens is 327 g/mol. The highest BCUT2D eigenvalue weighted by atomic mass is 19.1. The van der Waals surface area contributed by atoms with Gasteiger partial charge in [0.25, 0.3) is 0 Å². The maximum atomic E-state index is 12.9. The summed E-state index contributed by atoms with van der Waals surface area (Å²) in [5, 5.41) is 0. The number of carbonyl (C=O) groups is 1. The number of anilines is 1. The number of aromatic nitrogens is 2. The van der Waals surface area contributed by atoms with E-state index in [1.54, 1.807) is 0 Å². The summed E-state index contributed by atoms with van der Waals surface area (Å²) >= 11 is 0. The molecule has 3 saturated heterocycles. The first-order valence-corrected chi connectivity index (χ1v) is 8.89. The Morgan fingerprint density at radius 3 is 2.76 bits per heavy atom. The lowest BCUT2D eigenvalue weighted by molar-refractivity contribution is -0.157. The Kier molecular flexibility index (Phi) is 4.56. The van der Waals surface area contributed by atoms with Gasteiger partial charge in [-0.2, -0.15) is 0 Å². The smallest absolute Gasteiger partial charge is 0.248 e. The van der Waals surface area contributed by atoms with Gasteiger partial charge in [-0.05, 0) is 19.3 Å². The van der Waals surface area contributed by atoms with Crippen LogP contribution < -0.4 is 4.90 Å². The van der Waals surface area contributed by atoms with E-state index in [2.05, 4.69) is 9.97 Å². The summed E-state index contributed by atoms with van der Waals surface area (Å²) in [5.41, 5.74) is -0.267. The standard InChI is InChI=1S/C17H23FN4O3/c18-13-8-19-16(20-9-13)22-11-17(12-22)7-14(3-6-25-17)24-10-15(23)21-4-1-2-5-21/h8-9,14H,1-7,10-12H2/t14-/m0/s1. The van der Waals surface area contributed by atoms with Gasteiger partial charge in [-0.1, -0.05) is 0 Å². The SMILES string of the molecule is O=C(CO[C@H]1CCOC2(C1)CN(c1ncc(F)cn1)C2)N1CCCC1. The van der Waals surface area contributed by atoms with Crippen molar-refractivity contribution < 1.29 is 18.7 Å². The van der Waals surface area contributed by atoms with Crippen molar-refractivity contribution in [1.29, 1.82) is 0 Å². The van der Waals surface area contributed by atoms with E-state index in [0.29, 0.717) is 25.6 Å². The average Bonchev–Trinajstić information content (AvgIpc) is 3.13. The maximum absolute atomic E-state index is 12.9. The molecule has 1 aromatic rings. The van der Waals surface area contributed by atoms with Crippen LogP contribution in [0.15, 0.2) is 12.4 Å². The Balaban J connectivity index is 1.27. The maximum Gasteiger partial charge on any atom is 0.248 e. The molecule has 0 N–H and O–H groups in total. The second-order valence-electron chi connectivity index (χ2n) is 7.10. The lowest BCUT2D eigenvalue weighted by Crippen LogP contribution is -2.66. The number of likely N-dealkylation sites (tertiary alicyclic amines) is 1. The summed E-state index contributed by atoms with van der Waals surface area (Å²) in [5.74, 6) is 0.167. The minimum atomic E-state index is -0.441. The van der Waals surface area contributed by atoms with Gasteiger partial charge < -0.3 is 19.3 Å². The minimum Gasteiger partial charge on any atom is -0.371 e. The molecule has 1 atom stereocenters. The van der Waals surface area contributed by atoms with E-state index in [1.165, 1.54) is 12.4 Å². The number of nitrogens with zero attached hydrogens (tertiary/aromatic N) is 4. The molecule has 1 spiro atoms. The first kappa shape index (κ1) is 16.7. The normalized spacial score (nSPS) is 25.2. The number of carbonyl (C=O) groups excluding carboxylic acids is 1. The summed E-state index contributed by atoms with van der Waals surface area (Å²) in [6, 6.07) is 0. The van der Waals surface area contributed by atoms with Crippen molar-refractivity contribution in [2.75, 3.05) is 44.3 Å². The Hall–Kier alpha value is -1.80. The highest BCUT2D eigenvalue weighted by molar-refractivity contribution is 5.77. The van der Waals surface area contributed by atoms with Gasteiger partial charge in [0.05, 0.1) is 31.6 Å². The zero-order chi connectivity index (χ0) is 17.3. The Morgan fingerprint density at radius 1 is 1.32 bits per heavy atom. The third-order valence-corrected chi connectivity index (χ3v) is 5.20. The zero-order valence-electron chi connectivity index (χ0n) is 14.2. The molecule has 0 radical (unpaired) electrons. The molecule has 8 heteroatoms. The fourth-order valence-electron chi connectivity index (χ4n) is 3.85. The predicted octanol–water partition coefficient (Wildman–Crippen LogP) is 0.992. The van der Waals surface area contributed by atoms with E-state index in [-0.39, 0.29) is 24.2 Å². The van der Waals surface area contributed by atoms with Gasteiger partial charge in [-0.25, -0.2) is 14.4 Å². The van der Waals surface area contributed by atoms with Gasteiger partial charge in [0.2, 0.25) is 11.9 Å². The van der Waals surface area contributed by atoms with Crippen molar-refractivity contribution in [2.45, 2.75) is 37.4 Å². The number of halogens is 1. The average molecular weight is 350 g/mol. The molecule has 0 aliphatic carbocycles. The third-order valence-electron chi connectivity index (χ3n) is 5.20. The number of ether oxygens (including phenoxy) is 2. The van der Waals surface area contributed by atoms with Crippen LogP contribution in [0.25, 0.3) is 0 Å². The molecule has 1 aromatic heterocycles. The van der Waals surface area contributed by atoms with Crippen LogP contribution in [-0.2, 0) is 14.3 Å². The van der Waals surface area contributed by atoms with Gasteiger partial charge in [0, 0.05) is 26.1 Å². The van der Waals surface area contributed by atoms with Gasteiger partial charge in [0.1, 0.15) is 12.2 Å². The highest BCUT2D eigenvalue weighted by Crippen LogP contribution is 2.36. The van der Waals surface area contributed by atoms with Gasteiger partial charge in [-0.15, -0.1) is 0 Å². The number of hydrogen-bond acceptors (Lipinski definition) is 6. The quantitative estimate of drug-likeness (QED) is 0.807. The van der Waals surface area contributed by atoms with Crippen LogP contribution in [0, 0.1) is 5.82 Å². The second kappa shape index (κ2) is 6.84. The van der Waals surface area contributed by atoms with Crippen LogP contribution in [0.5, 0.6) is 0 Å². The monoisotopic (exact) mass is 350 g/mol. The van der Waals surface area contributed by atoms with E-state index in [9.17, 15) is 9.18 Å². The molecule has 25 heavy (non-hydrogen) atoms. The van der Waals surface area contributed by atoms with E-state index in [0.717, 1.165) is 38.8 Å². The summed E-state index contributed by atoms with van der Waals surface area (Å²) in [6.07, 6.45) is 6.13. The predicted molar refractivity (Wildman–Crippen MR) is 87.7 cm³/mol. The van der Waals surface area contributed by atoms with Crippen LogP contribution in [0.4, 0.5) is 10.3 Å². The van der Waals surface area contributed by atoms with Crippen LogP contribution >= 0.6 is 0 Å². The first-order valence-electron chi connectivity index (χ1n) is 8.89.